The number of benzene rings is 2. The molecule has 0 amide bonds. The molecule has 2 N–H and O–H groups in total. The van der Waals surface area contributed by atoms with E-state index in [2.05, 4.69) is 38.9 Å². The molecule has 198 valence electrons. The number of hydrogen-bond donors (Lipinski definition) is 2. The lowest BCUT2D eigenvalue weighted by atomic mass is 10.1. The van der Waals surface area contributed by atoms with Crippen LogP contribution in [0.5, 0.6) is 0 Å². The fourth-order valence-electron chi connectivity index (χ4n) is 3.36. The Labute approximate surface area is 228 Å². The summed E-state index contributed by atoms with van der Waals surface area (Å²) < 4.78 is 60.2. The van der Waals surface area contributed by atoms with E-state index in [0.717, 1.165) is 15.6 Å². The summed E-state index contributed by atoms with van der Waals surface area (Å²) in [7, 11) is -5.86. The Morgan fingerprint density at radius 3 is 1.64 bits per heavy atom. The van der Waals surface area contributed by atoms with Gasteiger partial charge in [-0.1, -0.05) is 35.4 Å². The lowest BCUT2D eigenvalue weighted by Gasteiger charge is -2.19. The summed E-state index contributed by atoms with van der Waals surface area (Å²) >= 11 is 3.45. The minimum atomic E-state index is -4.02. The predicted octanol–water partition coefficient (Wildman–Crippen LogP) is 5.21. The van der Waals surface area contributed by atoms with Gasteiger partial charge in [-0.25, -0.2) is 0 Å². The Kier molecular flexibility index (Phi) is 12.7. The third kappa shape index (κ3) is 10.7. The fraction of sp³-hybridized carbons (Fsp3) is 0.292. The fourth-order valence-corrected chi connectivity index (χ4v) is 4.70. The van der Waals surface area contributed by atoms with Gasteiger partial charge in [-0.05, 0) is 92.1 Å². The van der Waals surface area contributed by atoms with Gasteiger partial charge in [-0.2, -0.15) is 30.3 Å². The molecule has 3 aromatic rings. The molecule has 36 heavy (non-hydrogen) atoms. The second-order valence-corrected chi connectivity index (χ2v) is 11.9. The summed E-state index contributed by atoms with van der Waals surface area (Å²) in [6, 6.07) is 14.7. The van der Waals surface area contributed by atoms with Crippen LogP contribution in [0.15, 0.2) is 81.3 Å². The molecule has 0 aliphatic carbocycles. The van der Waals surface area contributed by atoms with Crippen LogP contribution in [0.4, 0.5) is 0 Å². The predicted molar refractivity (Wildman–Crippen MR) is 149 cm³/mol. The molecular weight excluding hydrogens is 588 g/mol. The highest BCUT2D eigenvalue weighted by Crippen LogP contribution is 2.30. The van der Waals surface area contributed by atoms with Gasteiger partial charge in [0.05, 0.1) is 9.79 Å². The van der Waals surface area contributed by atoms with Crippen LogP contribution >= 0.6 is 29.4 Å². The first kappa shape index (κ1) is 32.2. The van der Waals surface area contributed by atoms with E-state index in [0.29, 0.717) is 6.04 Å². The van der Waals surface area contributed by atoms with Crippen molar-refractivity contribution in [3.8, 4) is 0 Å². The number of aryl methyl sites for hydroxylation is 2. The van der Waals surface area contributed by atoms with Gasteiger partial charge in [0.25, 0.3) is 20.2 Å². The van der Waals surface area contributed by atoms with Gasteiger partial charge in [0, 0.05) is 22.9 Å². The molecule has 8 nitrogen and oxygen atoms in total. The van der Waals surface area contributed by atoms with Gasteiger partial charge in [-0.15, -0.1) is 0 Å². The van der Waals surface area contributed by atoms with Crippen LogP contribution in [0.1, 0.15) is 35.6 Å². The number of nitrogens with zero attached hydrogens (tertiary/aromatic N) is 2. The molecular formula is C24H31BrN2O6S3. The summed E-state index contributed by atoms with van der Waals surface area (Å²) in [6.07, 6.45) is 6.36. The molecule has 0 spiro atoms. The molecule has 2 aromatic carbocycles. The van der Waals surface area contributed by atoms with Crippen LogP contribution in [0.25, 0.3) is 0 Å². The van der Waals surface area contributed by atoms with Crippen molar-refractivity contribution < 1.29 is 25.9 Å². The van der Waals surface area contributed by atoms with Crippen LogP contribution in [-0.4, -0.2) is 49.4 Å². The molecule has 0 unspecified atom stereocenters. The molecule has 1 aromatic heterocycles. The van der Waals surface area contributed by atoms with E-state index in [9.17, 15) is 16.8 Å². The van der Waals surface area contributed by atoms with Crippen LogP contribution in [0, 0.1) is 13.8 Å². The monoisotopic (exact) mass is 618 g/mol. The first-order valence-electron chi connectivity index (χ1n) is 10.7. The number of rotatable bonds is 3. The van der Waals surface area contributed by atoms with E-state index >= 15 is 0 Å². The summed E-state index contributed by atoms with van der Waals surface area (Å²) in [5.74, 6) is 0. The lowest BCUT2D eigenvalue weighted by Crippen LogP contribution is -2.17. The number of halogens is 1. The summed E-state index contributed by atoms with van der Waals surface area (Å²) in [6.45, 7) is 4.89. The van der Waals surface area contributed by atoms with Gasteiger partial charge < -0.3 is 0 Å². The van der Waals surface area contributed by atoms with E-state index in [-0.39, 0.29) is 23.3 Å². The third-order valence-corrected chi connectivity index (χ3v) is 7.44. The average Bonchev–Trinajstić information content (AvgIpc) is 3.20. The molecule has 1 aliphatic heterocycles. The third-order valence-electron chi connectivity index (χ3n) is 5.27. The van der Waals surface area contributed by atoms with Crippen molar-refractivity contribution in [2.45, 2.75) is 42.5 Å². The number of likely N-dealkylation sites (tertiary alicyclic amines) is 1. The molecule has 0 bridgehead atoms. The lowest BCUT2D eigenvalue weighted by molar-refractivity contribution is 0.317. The second kappa shape index (κ2) is 14.2. The van der Waals surface area contributed by atoms with Gasteiger partial charge in [0.2, 0.25) is 0 Å². The highest BCUT2D eigenvalue weighted by molar-refractivity contribution is 9.10. The minimum absolute atomic E-state index is 0. The van der Waals surface area contributed by atoms with Crippen molar-refractivity contribution in [2.24, 2.45) is 0 Å². The van der Waals surface area contributed by atoms with Gasteiger partial charge in [-0.3, -0.25) is 19.0 Å². The van der Waals surface area contributed by atoms with Crippen LogP contribution in [0.3, 0.4) is 0 Å². The highest BCUT2D eigenvalue weighted by Gasteiger charge is 2.22. The molecule has 1 saturated heterocycles. The van der Waals surface area contributed by atoms with Crippen LogP contribution in [0.2, 0.25) is 0 Å². The quantitative estimate of drug-likeness (QED) is 0.383. The number of aromatic nitrogens is 1. The van der Waals surface area contributed by atoms with Crippen LogP contribution < -0.4 is 0 Å². The Bertz CT molecular complexity index is 1240. The molecule has 1 atom stereocenters. The Morgan fingerprint density at radius 2 is 1.31 bits per heavy atom. The van der Waals surface area contributed by atoms with E-state index < -0.39 is 20.2 Å². The van der Waals surface area contributed by atoms with Crippen molar-refractivity contribution in [1.29, 1.82) is 0 Å². The van der Waals surface area contributed by atoms with E-state index in [1.165, 1.54) is 49.2 Å². The first-order chi connectivity index (χ1) is 16.3. The normalized spacial score (nSPS) is 15.6. The summed E-state index contributed by atoms with van der Waals surface area (Å²) in [5, 5.41) is 0. The average molecular weight is 620 g/mol. The molecule has 4 rings (SSSR count). The Morgan fingerprint density at radius 1 is 0.861 bits per heavy atom. The maximum atomic E-state index is 10.5. The number of hydrogen-bond acceptors (Lipinski definition) is 6. The molecule has 12 heteroatoms. The summed E-state index contributed by atoms with van der Waals surface area (Å²) in [5.41, 5.74) is 3.24. The summed E-state index contributed by atoms with van der Waals surface area (Å²) in [4.78, 5) is 6.45. The van der Waals surface area contributed by atoms with Crippen molar-refractivity contribution >= 4 is 49.7 Å². The smallest absolute Gasteiger partial charge is 0.294 e. The van der Waals surface area contributed by atoms with Crippen LogP contribution in [-0.2, 0) is 20.2 Å². The zero-order valence-electron chi connectivity index (χ0n) is 20.2. The largest absolute Gasteiger partial charge is 0.299 e. The maximum absolute atomic E-state index is 10.5. The first-order valence-corrected chi connectivity index (χ1v) is 14.3. The van der Waals surface area contributed by atoms with E-state index in [4.69, 9.17) is 9.11 Å². The SMILES string of the molecule is CN1CCC[C@H]1c1cncc(Br)c1.Cc1ccc(S(=O)(=O)O)cc1.Cc1ccc(S(=O)(=O)O)cc1.S. The molecule has 0 saturated carbocycles. The molecule has 2 heterocycles. The van der Waals surface area contributed by atoms with Crippen molar-refractivity contribution in [3.63, 3.8) is 0 Å². The van der Waals surface area contributed by atoms with Gasteiger partial charge in [0.15, 0.2) is 0 Å². The van der Waals surface area contributed by atoms with E-state index in [1.807, 2.05) is 26.2 Å². The zero-order valence-corrected chi connectivity index (χ0v) is 24.4. The van der Waals surface area contributed by atoms with E-state index in [1.54, 1.807) is 24.3 Å². The topological polar surface area (TPSA) is 125 Å². The molecule has 1 fully saturated rings. The second-order valence-electron chi connectivity index (χ2n) is 8.15. The van der Waals surface area contributed by atoms with Crippen molar-refractivity contribution in [2.75, 3.05) is 13.6 Å². The molecule has 0 radical (unpaired) electrons. The number of pyridine rings is 1. The standard InChI is InChI=1S/C10H13BrN2.2C7H8O3S.H2S/c1-13-4-2-3-10(13)8-5-9(11)7-12-6-8;2*1-6-2-4-7(5-3-6)11(8,9)10;/h5-7,10H,2-4H2,1H3;2*2-5H,1H3,(H,8,9,10);1H2/t10-;;;/m0.../s1. The van der Waals surface area contributed by atoms with Crippen molar-refractivity contribution in [1.82, 2.24) is 9.88 Å². The molecule has 1 aliphatic rings. The Hall–Kier alpha value is -1.80. The zero-order chi connectivity index (χ0) is 26.2. The Balaban J connectivity index is 0.000000268. The van der Waals surface area contributed by atoms with Gasteiger partial charge in [0.1, 0.15) is 0 Å². The maximum Gasteiger partial charge on any atom is 0.294 e. The van der Waals surface area contributed by atoms with Crippen molar-refractivity contribution in [3.05, 3.63) is 88.2 Å². The minimum Gasteiger partial charge on any atom is -0.299 e. The highest BCUT2D eigenvalue weighted by atomic mass is 79.9. The van der Waals surface area contributed by atoms with Gasteiger partial charge >= 0.3 is 0 Å².